The van der Waals surface area contributed by atoms with Gasteiger partial charge in [-0.25, -0.2) is 24.2 Å². The van der Waals surface area contributed by atoms with Crippen molar-refractivity contribution >= 4 is 52.7 Å². The highest BCUT2D eigenvalue weighted by atomic mass is 32.2. The number of carbonyl (C=O) groups excluding carboxylic acids is 4. The second kappa shape index (κ2) is 22.3. The van der Waals surface area contributed by atoms with Crippen LogP contribution in [0.5, 0.6) is 0 Å². The SMILES string of the molecule is Cc1ccc(N=c2nc(SC3O[C@H](COC(=O)c4ccccc4)[C@@H](OC(=O)c4ccccc4)[C@H](OC(=O)c4ccccc4)[C@H]3OC(=O)c3ccccc3)n(-c3ccccc3C)c(=NC(C)(C)C)s2)cc1. The first-order valence-corrected chi connectivity index (χ1v) is 24.2. The summed E-state index contributed by atoms with van der Waals surface area (Å²) in [5, 5.41) is 0.306. The second-order valence-electron chi connectivity index (χ2n) is 17.2. The molecule has 70 heavy (non-hydrogen) atoms. The molecule has 0 spiro atoms. The van der Waals surface area contributed by atoms with Crippen molar-refractivity contribution in [2.24, 2.45) is 9.98 Å². The number of ether oxygens (including phenoxy) is 5. The van der Waals surface area contributed by atoms with Gasteiger partial charge in [-0.15, -0.1) is 0 Å². The van der Waals surface area contributed by atoms with Crippen molar-refractivity contribution in [2.45, 2.75) is 75.2 Å². The molecule has 0 radical (unpaired) electrons. The van der Waals surface area contributed by atoms with E-state index in [0.717, 1.165) is 28.6 Å². The monoisotopic (exact) mass is 974 g/mol. The fraction of sp³-hybridized carbons (Fsp3) is 0.218. The standard InChI is InChI=1S/C55H50N4O9S2/c1-35-30-32-41(33-31-35)56-52-57-53(59(42-29-19-18-20-36(42)2)54(70-52)58-55(3,4)5)69-51-46(68-50(63)40-27-16-9-17-28-40)45(67-49(62)39-25-14-8-15-26-39)44(66-48(61)38-23-12-7-13-24-38)43(65-51)34-64-47(60)37-21-10-6-11-22-37/h6-33,43-46,51H,34H2,1-5H3/t43-,44-,45+,46-,51?/m1/s1. The molecule has 13 nitrogen and oxygen atoms in total. The molecule has 5 atom stereocenters. The molecule has 0 saturated carbocycles. The van der Waals surface area contributed by atoms with Gasteiger partial charge < -0.3 is 23.7 Å². The van der Waals surface area contributed by atoms with Crippen LogP contribution in [-0.4, -0.2) is 75.4 Å². The molecule has 1 aromatic heterocycles. The van der Waals surface area contributed by atoms with Gasteiger partial charge in [-0.2, -0.15) is 4.98 Å². The smallest absolute Gasteiger partial charge is 0.338 e. The molecule has 6 aromatic carbocycles. The van der Waals surface area contributed by atoms with E-state index in [-0.39, 0.29) is 22.3 Å². The lowest BCUT2D eigenvalue weighted by Crippen LogP contribution is -2.62. The Bertz CT molecular complexity index is 3090. The topological polar surface area (TPSA) is 157 Å². The minimum atomic E-state index is -1.58. The highest BCUT2D eigenvalue weighted by Crippen LogP contribution is 2.38. The lowest BCUT2D eigenvalue weighted by molar-refractivity contribution is -0.207. The highest BCUT2D eigenvalue weighted by Gasteiger charge is 2.54. The third-order valence-corrected chi connectivity index (χ3v) is 12.7. The number of hydrogen-bond donors (Lipinski definition) is 0. The van der Waals surface area contributed by atoms with E-state index in [2.05, 4.69) is 0 Å². The maximum atomic E-state index is 14.4. The molecule has 8 rings (SSSR count). The zero-order chi connectivity index (χ0) is 49.2. The number of nitrogens with zero attached hydrogens (tertiary/aromatic N) is 4. The van der Waals surface area contributed by atoms with E-state index in [1.54, 1.807) is 121 Å². The molecular formula is C55H50N4O9S2. The number of aryl methyl sites for hydroxylation is 2. The van der Waals surface area contributed by atoms with Crippen LogP contribution in [0.4, 0.5) is 5.69 Å². The van der Waals surface area contributed by atoms with Crippen molar-refractivity contribution in [1.82, 2.24) is 9.55 Å². The predicted octanol–water partition coefficient (Wildman–Crippen LogP) is 9.83. The second-order valence-corrected chi connectivity index (χ2v) is 19.2. The van der Waals surface area contributed by atoms with Crippen LogP contribution in [-0.2, 0) is 23.7 Å². The van der Waals surface area contributed by atoms with Gasteiger partial charge in [0, 0.05) is 0 Å². The molecule has 0 bridgehead atoms. The Morgan fingerprint density at radius 3 is 1.60 bits per heavy atom. The van der Waals surface area contributed by atoms with Gasteiger partial charge in [0.1, 0.15) is 12.7 Å². The Hall–Kier alpha value is -7.46. The largest absolute Gasteiger partial charge is 0.459 e. The Labute approximate surface area is 413 Å². The van der Waals surface area contributed by atoms with Gasteiger partial charge in [0.15, 0.2) is 33.7 Å². The van der Waals surface area contributed by atoms with Gasteiger partial charge >= 0.3 is 23.9 Å². The van der Waals surface area contributed by atoms with Crippen LogP contribution in [0.3, 0.4) is 0 Å². The van der Waals surface area contributed by atoms with Crippen molar-refractivity contribution in [2.75, 3.05) is 6.61 Å². The van der Waals surface area contributed by atoms with Crippen molar-refractivity contribution in [3.63, 3.8) is 0 Å². The first-order valence-electron chi connectivity index (χ1n) is 22.5. The first kappa shape index (κ1) is 49.0. The van der Waals surface area contributed by atoms with Crippen molar-refractivity contribution in [3.05, 3.63) is 213 Å². The average Bonchev–Trinajstić information content (AvgIpc) is 3.36. The van der Waals surface area contributed by atoms with Crippen LogP contribution in [0.25, 0.3) is 5.69 Å². The number of aromatic nitrogens is 2. The number of esters is 4. The Morgan fingerprint density at radius 1 is 0.614 bits per heavy atom. The van der Waals surface area contributed by atoms with Gasteiger partial charge in [-0.05, 0) is 107 Å². The number of rotatable bonds is 13. The Balaban J connectivity index is 1.34. The Morgan fingerprint density at radius 2 is 1.09 bits per heavy atom. The molecule has 1 unspecified atom stereocenters. The van der Waals surface area contributed by atoms with Crippen molar-refractivity contribution < 1.29 is 42.9 Å². The van der Waals surface area contributed by atoms with Gasteiger partial charge in [-0.1, -0.05) is 132 Å². The molecule has 1 saturated heterocycles. The van der Waals surface area contributed by atoms with Crippen molar-refractivity contribution in [1.29, 1.82) is 0 Å². The number of benzene rings is 6. The zero-order valence-electron chi connectivity index (χ0n) is 39.0. The summed E-state index contributed by atoms with van der Waals surface area (Å²) in [6, 6.07) is 48.6. The molecule has 1 aliphatic rings. The van der Waals surface area contributed by atoms with Gasteiger partial charge in [0.25, 0.3) is 0 Å². The van der Waals surface area contributed by atoms with E-state index >= 15 is 0 Å². The van der Waals surface area contributed by atoms with Crippen molar-refractivity contribution in [3.8, 4) is 5.69 Å². The number of carbonyl (C=O) groups is 4. The average molecular weight is 975 g/mol. The van der Waals surface area contributed by atoms with Crippen LogP contribution < -0.4 is 9.60 Å². The first-order chi connectivity index (χ1) is 33.8. The minimum absolute atomic E-state index is 0.172. The molecule has 1 aliphatic heterocycles. The summed E-state index contributed by atoms with van der Waals surface area (Å²) in [6.07, 6.45) is -5.94. The fourth-order valence-corrected chi connectivity index (χ4v) is 9.66. The van der Waals surface area contributed by atoms with E-state index in [4.69, 9.17) is 38.7 Å². The number of hydrogen-bond acceptors (Lipinski definition) is 14. The fourth-order valence-electron chi connectivity index (χ4n) is 7.33. The van der Waals surface area contributed by atoms with Crippen LogP contribution >= 0.6 is 23.1 Å². The normalized spacial score (nSPS) is 18.4. The van der Waals surface area contributed by atoms with Gasteiger partial charge in [-0.3, -0.25) is 9.56 Å². The highest BCUT2D eigenvalue weighted by molar-refractivity contribution is 7.99. The molecule has 0 amide bonds. The lowest BCUT2D eigenvalue weighted by atomic mass is 9.98. The predicted molar refractivity (Wildman–Crippen MR) is 266 cm³/mol. The van der Waals surface area contributed by atoms with Crippen LogP contribution in [0.15, 0.2) is 185 Å². The summed E-state index contributed by atoms with van der Waals surface area (Å²) in [4.78, 5) is 72.7. The maximum Gasteiger partial charge on any atom is 0.338 e. The summed E-state index contributed by atoms with van der Waals surface area (Å²) < 4.78 is 33.9. The molecular weight excluding hydrogens is 925 g/mol. The zero-order valence-corrected chi connectivity index (χ0v) is 40.7. The quantitative estimate of drug-likeness (QED) is 0.0801. The third-order valence-electron chi connectivity index (χ3n) is 10.8. The number of para-hydroxylation sites is 1. The van der Waals surface area contributed by atoms with Crippen LogP contribution in [0.2, 0.25) is 0 Å². The van der Waals surface area contributed by atoms with Crippen LogP contribution in [0, 0.1) is 13.8 Å². The molecule has 7 aromatic rings. The summed E-state index contributed by atoms with van der Waals surface area (Å²) in [6.45, 7) is 9.43. The number of thioether (sulfide) groups is 1. The van der Waals surface area contributed by atoms with E-state index in [9.17, 15) is 19.2 Å². The summed E-state index contributed by atoms with van der Waals surface area (Å²) in [5.41, 5.74) is 2.26. The summed E-state index contributed by atoms with van der Waals surface area (Å²) in [5.74, 6) is -3.07. The Kier molecular flexibility index (Phi) is 15.6. The summed E-state index contributed by atoms with van der Waals surface area (Å²) in [7, 11) is 0. The molecule has 0 aliphatic carbocycles. The summed E-state index contributed by atoms with van der Waals surface area (Å²) >= 11 is 2.33. The molecule has 1 fully saturated rings. The van der Waals surface area contributed by atoms with Crippen LogP contribution in [0.1, 0.15) is 73.3 Å². The van der Waals surface area contributed by atoms with Gasteiger partial charge in [0.05, 0.1) is 39.2 Å². The molecule has 15 heteroatoms. The van der Waals surface area contributed by atoms with E-state index in [1.807, 2.05) is 87.7 Å². The van der Waals surface area contributed by atoms with E-state index in [0.29, 0.717) is 20.4 Å². The van der Waals surface area contributed by atoms with E-state index in [1.165, 1.54) is 11.3 Å². The van der Waals surface area contributed by atoms with E-state index < -0.39 is 65.9 Å². The minimum Gasteiger partial charge on any atom is -0.459 e. The lowest BCUT2D eigenvalue weighted by Gasteiger charge is -2.44. The molecule has 2 heterocycles. The maximum absolute atomic E-state index is 14.4. The molecule has 356 valence electrons. The molecule has 0 N–H and O–H groups in total. The van der Waals surface area contributed by atoms with Gasteiger partial charge in [0.2, 0.25) is 4.80 Å². The third kappa shape index (κ3) is 12.4.